The third-order valence-electron chi connectivity index (χ3n) is 2.69. The predicted octanol–water partition coefficient (Wildman–Crippen LogP) is 1.53. The highest BCUT2D eigenvalue weighted by molar-refractivity contribution is 5.95. The van der Waals surface area contributed by atoms with Crippen LogP contribution in [0.15, 0.2) is 12.1 Å². The summed E-state index contributed by atoms with van der Waals surface area (Å²) in [5.41, 5.74) is 3.22. The number of carboxylic acid groups (broad SMARTS) is 1. The summed E-state index contributed by atoms with van der Waals surface area (Å²) < 4.78 is 0. The van der Waals surface area contributed by atoms with E-state index in [1.165, 1.54) is 0 Å². The predicted molar refractivity (Wildman–Crippen MR) is 61.1 cm³/mol. The van der Waals surface area contributed by atoms with E-state index in [0.717, 1.165) is 16.7 Å². The number of hydroxylamine groups is 2. The second-order valence-electron chi connectivity index (χ2n) is 3.99. The van der Waals surface area contributed by atoms with Gasteiger partial charge in [-0.1, -0.05) is 0 Å². The number of nitrogens with zero attached hydrogens (tertiary/aromatic N) is 1. The molecular formula is C12H15NO4. The number of carboxylic acids is 1. The molecule has 0 aliphatic heterocycles. The molecule has 5 nitrogen and oxygen atoms in total. The van der Waals surface area contributed by atoms with Crippen molar-refractivity contribution in [3.63, 3.8) is 0 Å². The number of hydrogen-bond acceptors (Lipinski definition) is 3. The van der Waals surface area contributed by atoms with E-state index in [9.17, 15) is 14.8 Å². The second-order valence-corrected chi connectivity index (χ2v) is 3.99. The Kier molecular flexibility index (Phi) is 3.85. The van der Waals surface area contributed by atoms with Crippen molar-refractivity contribution in [1.82, 2.24) is 5.06 Å². The number of amides is 1. The summed E-state index contributed by atoms with van der Waals surface area (Å²) in [6, 6.07) is 3.27. The summed E-state index contributed by atoms with van der Waals surface area (Å²) in [7, 11) is 0. The minimum atomic E-state index is -1.26. The average molecular weight is 237 g/mol. The monoisotopic (exact) mass is 237 g/mol. The summed E-state index contributed by atoms with van der Waals surface area (Å²) in [5.74, 6) is -1.97. The number of benzene rings is 1. The first-order valence-electron chi connectivity index (χ1n) is 5.13. The third kappa shape index (κ3) is 3.04. The quantitative estimate of drug-likeness (QED) is 0.617. The molecule has 0 fully saturated rings. The summed E-state index contributed by atoms with van der Waals surface area (Å²) in [4.78, 5) is 22.1. The molecule has 0 saturated heterocycles. The van der Waals surface area contributed by atoms with Gasteiger partial charge in [-0.25, -0.2) is 5.06 Å². The van der Waals surface area contributed by atoms with Crippen molar-refractivity contribution in [2.75, 3.05) is 6.54 Å². The molecule has 0 radical (unpaired) electrons. The Hall–Kier alpha value is -1.88. The lowest BCUT2D eigenvalue weighted by Gasteiger charge is -2.14. The molecule has 17 heavy (non-hydrogen) atoms. The zero-order valence-corrected chi connectivity index (χ0v) is 10.0. The van der Waals surface area contributed by atoms with Crippen molar-refractivity contribution >= 4 is 11.9 Å². The van der Waals surface area contributed by atoms with Crippen LogP contribution in [0.1, 0.15) is 27.0 Å². The van der Waals surface area contributed by atoms with E-state index in [-0.39, 0.29) is 10.6 Å². The van der Waals surface area contributed by atoms with E-state index in [1.54, 1.807) is 12.1 Å². The summed E-state index contributed by atoms with van der Waals surface area (Å²) in [5, 5.41) is 18.0. The highest BCUT2D eigenvalue weighted by Gasteiger charge is 2.17. The summed E-state index contributed by atoms with van der Waals surface area (Å²) >= 11 is 0. The zero-order chi connectivity index (χ0) is 13.2. The van der Waals surface area contributed by atoms with Crippen LogP contribution in [0.3, 0.4) is 0 Å². The first-order valence-corrected chi connectivity index (χ1v) is 5.13. The van der Waals surface area contributed by atoms with E-state index >= 15 is 0 Å². The topological polar surface area (TPSA) is 77.8 Å². The Morgan fingerprint density at radius 1 is 1.18 bits per heavy atom. The van der Waals surface area contributed by atoms with Gasteiger partial charge in [0.15, 0.2) is 0 Å². The number of aliphatic carboxylic acids is 1. The van der Waals surface area contributed by atoms with Gasteiger partial charge in [0.2, 0.25) is 0 Å². The minimum absolute atomic E-state index is 0.200. The Balaban J connectivity index is 3.01. The van der Waals surface area contributed by atoms with Crippen LogP contribution in [-0.4, -0.2) is 33.8 Å². The number of aryl methyl sites for hydroxylation is 2. The van der Waals surface area contributed by atoms with E-state index in [4.69, 9.17) is 5.11 Å². The van der Waals surface area contributed by atoms with E-state index in [2.05, 4.69) is 0 Å². The molecule has 5 heteroatoms. The first kappa shape index (κ1) is 13.2. The van der Waals surface area contributed by atoms with E-state index < -0.39 is 18.4 Å². The Bertz CT molecular complexity index is 445. The van der Waals surface area contributed by atoms with Crippen molar-refractivity contribution in [3.8, 4) is 0 Å². The SMILES string of the molecule is Cc1cc(C(=O)N(O)CC(=O)O)cc(C)c1C. The number of carbonyl (C=O) groups is 2. The van der Waals surface area contributed by atoms with Crippen LogP contribution in [0.2, 0.25) is 0 Å². The largest absolute Gasteiger partial charge is 0.480 e. The van der Waals surface area contributed by atoms with Crippen molar-refractivity contribution in [2.45, 2.75) is 20.8 Å². The molecule has 0 aliphatic rings. The molecule has 0 bridgehead atoms. The maximum absolute atomic E-state index is 11.7. The molecule has 0 saturated carbocycles. The van der Waals surface area contributed by atoms with Crippen LogP contribution in [0, 0.1) is 20.8 Å². The van der Waals surface area contributed by atoms with Gasteiger partial charge >= 0.3 is 5.97 Å². The number of rotatable bonds is 3. The van der Waals surface area contributed by atoms with Gasteiger partial charge in [0.25, 0.3) is 5.91 Å². The van der Waals surface area contributed by atoms with E-state index in [1.807, 2.05) is 20.8 Å². The lowest BCUT2D eigenvalue weighted by Crippen LogP contribution is -2.32. The second kappa shape index (κ2) is 4.97. The van der Waals surface area contributed by atoms with Gasteiger partial charge < -0.3 is 5.11 Å². The fourth-order valence-electron chi connectivity index (χ4n) is 1.51. The third-order valence-corrected chi connectivity index (χ3v) is 2.69. The maximum atomic E-state index is 11.7. The van der Waals surface area contributed by atoms with Gasteiger partial charge in [0.1, 0.15) is 6.54 Å². The van der Waals surface area contributed by atoms with Crippen LogP contribution in [0.4, 0.5) is 0 Å². The molecule has 1 amide bonds. The van der Waals surface area contributed by atoms with Gasteiger partial charge in [-0.05, 0) is 49.6 Å². The molecule has 0 atom stereocenters. The van der Waals surface area contributed by atoms with Crippen LogP contribution >= 0.6 is 0 Å². The standard InChI is InChI=1S/C12H15NO4/c1-7-4-10(5-8(2)9(7)3)12(16)13(17)6-11(14)15/h4-5,17H,6H2,1-3H3,(H,14,15). The fraction of sp³-hybridized carbons (Fsp3) is 0.333. The molecule has 2 N–H and O–H groups in total. The van der Waals surface area contributed by atoms with Crippen molar-refractivity contribution in [2.24, 2.45) is 0 Å². The summed E-state index contributed by atoms with van der Waals surface area (Å²) in [6.45, 7) is 4.92. The van der Waals surface area contributed by atoms with Crippen LogP contribution in [0.5, 0.6) is 0 Å². The van der Waals surface area contributed by atoms with Gasteiger partial charge in [0, 0.05) is 5.56 Å². The minimum Gasteiger partial charge on any atom is -0.480 e. The summed E-state index contributed by atoms with van der Waals surface area (Å²) in [6.07, 6.45) is 0. The number of carbonyl (C=O) groups excluding carboxylic acids is 1. The van der Waals surface area contributed by atoms with E-state index in [0.29, 0.717) is 0 Å². The Morgan fingerprint density at radius 3 is 2.06 bits per heavy atom. The van der Waals surface area contributed by atoms with Crippen molar-refractivity contribution < 1.29 is 19.9 Å². The molecule has 0 unspecified atom stereocenters. The molecule has 0 aliphatic carbocycles. The van der Waals surface area contributed by atoms with Gasteiger partial charge in [-0.3, -0.25) is 14.8 Å². The Morgan fingerprint density at radius 2 is 1.65 bits per heavy atom. The highest BCUT2D eigenvalue weighted by atomic mass is 16.5. The molecule has 0 aromatic heterocycles. The molecule has 1 rings (SSSR count). The van der Waals surface area contributed by atoms with Gasteiger partial charge in [0.05, 0.1) is 0 Å². The molecule has 0 spiro atoms. The van der Waals surface area contributed by atoms with Gasteiger partial charge in [-0.2, -0.15) is 0 Å². The Labute approximate surface area is 99.2 Å². The maximum Gasteiger partial charge on any atom is 0.325 e. The zero-order valence-electron chi connectivity index (χ0n) is 10.0. The number of hydrogen-bond donors (Lipinski definition) is 2. The molecule has 92 valence electrons. The first-order chi connectivity index (χ1) is 7.82. The highest BCUT2D eigenvalue weighted by Crippen LogP contribution is 2.16. The lowest BCUT2D eigenvalue weighted by atomic mass is 10.0. The van der Waals surface area contributed by atoms with Crippen LogP contribution in [-0.2, 0) is 4.79 Å². The molecule has 1 aromatic carbocycles. The lowest BCUT2D eigenvalue weighted by molar-refractivity contribution is -0.146. The van der Waals surface area contributed by atoms with Crippen molar-refractivity contribution in [1.29, 1.82) is 0 Å². The van der Waals surface area contributed by atoms with Gasteiger partial charge in [-0.15, -0.1) is 0 Å². The normalized spacial score (nSPS) is 10.1. The average Bonchev–Trinajstić information content (AvgIpc) is 2.23. The molecular weight excluding hydrogens is 222 g/mol. The molecule has 0 heterocycles. The van der Waals surface area contributed by atoms with Crippen LogP contribution < -0.4 is 0 Å². The smallest absolute Gasteiger partial charge is 0.325 e. The van der Waals surface area contributed by atoms with Crippen LogP contribution in [0.25, 0.3) is 0 Å². The van der Waals surface area contributed by atoms with Crippen molar-refractivity contribution in [3.05, 3.63) is 34.4 Å². The molecule has 1 aromatic rings. The fourth-order valence-corrected chi connectivity index (χ4v) is 1.51.